The first-order valence-corrected chi connectivity index (χ1v) is 11.2. The number of hydrogen-bond acceptors (Lipinski definition) is 3. The molecule has 1 aliphatic rings. The molecule has 1 heterocycles. The summed E-state index contributed by atoms with van der Waals surface area (Å²) in [6, 6.07) is 0. The summed E-state index contributed by atoms with van der Waals surface area (Å²) in [7, 11) is -3.32. The van der Waals surface area contributed by atoms with Crippen molar-refractivity contribution in [1.82, 2.24) is 0 Å². The van der Waals surface area contributed by atoms with Crippen LogP contribution in [0, 0.1) is 29.1 Å². The molecule has 0 radical (unpaired) electrons. The minimum absolute atomic E-state index is 1.37. The van der Waals surface area contributed by atoms with Crippen molar-refractivity contribution < 1.29 is 39.4 Å². The van der Waals surface area contributed by atoms with Crippen LogP contribution in [0.2, 0.25) is 0 Å². The van der Waals surface area contributed by atoms with E-state index in [-0.39, 0.29) is 0 Å². The maximum absolute atomic E-state index is 12.6. The molecular weight excluding hydrogens is 417 g/mol. The molecule has 10 heteroatoms. The van der Waals surface area contributed by atoms with Gasteiger partial charge in [-0.2, -0.15) is 0 Å². The maximum Gasteiger partial charge on any atom is 0.200 e. The summed E-state index contributed by atoms with van der Waals surface area (Å²) in [6.07, 6.45) is 11.6. The summed E-state index contributed by atoms with van der Waals surface area (Å²) in [5, 5.41) is 0. The van der Waals surface area contributed by atoms with Crippen molar-refractivity contribution in [1.29, 1.82) is 0 Å². The first-order valence-electron chi connectivity index (χ1n) is 9.75. The Bertz CT molecular complexity index is 752. The van der Waals surface area contributed by atoms with Crippen molar-refractivity contribution in [3.05, 3.63) is 29.1 Å². The van der Waals surface area contributed by atoms with Crippen molar-refractivity contribution in [2.24, 2.45) is 0 Å². The van der Waals surface area contributed by atoms with E-state index in [1.54, 1.807) is 0 Å². The Labute approximate surface area is 169 Å². The second-order valence-corrected chi connectivity index (χ2v) is 8.93. The second-order valence-electron chi connectivity index (χ2n) is 7.62. The Hall–Kier alpha value is -1.26. The lowest BCUT2D eigenvalue weighted by Gasteiger charge is -2.37. The molecule has 2 rings (SSSR count). The number of rotatable bonds is 7. The predicted octanol–water partition coefficient (Wildman–Crippen LogP) is 4.87. The summed E-state index contributed by atoms with van der Waals surface area (Å²) < 4.78 is 94.3. The molecule has 0 bridgehead atoms. The number of unbranched alkanes of at least 4 members (excludes halogenated alkanes) is 4. The molecule has 0 aromatic heterocycles. The van der Waals surface area contributed by atoms with Crippen LogP contribution < -0.4 is 0 Å². The summed E-state index contributed by atoms with van der Waals surface area (Å²) in [4.78, 5) is -2.38. The van der Waals surface area contributed by atoms with Crippen LogP contribution in [-0.2, 0) is 10.1 Å². The zero-order valence-electron chi connectivity index (χ0n) is 16.7. The van der Waals surface area contributed by atoms with Gasteiger partial charge >= 0.3 is 0 Å². The monoisotopic (exact) mass is 445 g/mol. The van der Waals surface area contributed by atoms with Crippen molar-refractivity contribution >= 4 is 10.1 Å². The number of benzene rings is 1. The van der Waals surface area contributed by atoms with Gasteiger partial charge in [-0.05, 0) is 32.1 Å². The quantitative estimate of drug-likeness (QED) is 0.150. The highest BCUT2D eigenvalue weighted by Gasteiger charge is 2.29. The molecular formula is C19H28F5NO3S. The van der Waals surface area contributed by atoms with Crippen LogP contribution >= 0.6 is 0 Å². The van der Waals surface area contributed by atoms with Gasteiger partial charge in [0, 0.05) is 0 Å². The van der Waals surface area contributed by atoms with Gasteiger partial charge in [0.2, 0.25) is 5.82 Å². The largest absolute Gasteiger partial charge is 0.744 e. The van der Waals surface area contributed by atoms with Crippen LogP contribution in [0.5, 0.6) is 0 Å². The Balaban J connectivity index is 0.000000291. The Morgan fingerprint density at radius 2 is 1.24 bits per heavy atom. The average molecular weight is 445 g/mol. The maximum atomic E-state index is 12.6. The Morgan fingerprint density at radius 1 is 0.793 bits per heavy atom. The fourth-order valence-electron chi connectivity index (χ4n) is 3.40. The van der Waals surface area contributed by atoms with E-state index < -0.39 is 44.1 Å². The number of quaternary nitrogens is 1. The summed E-state index contributed by atoms with van der Waals surface area (Å²) >= 11 is 0. The van der Waals surface area contributed by atoms with E-state index in [0.29, 0.717) is 0 Å². The molecule has 0 atom stereocenters. The SMILES string of the molecule is CCCCCCC[N+]1(C)CCCCC1.O=S(=O)([O-])c1c(F)c(F)c(F)c(F)c1F. The zero-order chi connectivity index (χ0) is 22.2. The van der Waals surface area contributed by atoms with Gasteiger partial charge in [-0.25, -0.2) is 30.4 Å². The lowest BCUT2D eigenvalue weighted by molar-refractivity contribution is -0.914. The highest BCUT2D eigenvalue weighted by molar-refractivity contribution is 7.85. The van der Waals surface area contributed by atoms with Crippen molar-refractivity contribution in [3.63, 3.8) is 0 Å². The van der Waals surface area contributed by atoms with Crippen LogP contribution in [0.15, 0.2) is 4.90 Å². The van der Waals surface area contributed by atoms with E-state index in [4.69, 9.17) is 0 Å². The van der Waals surface area contributed by atoms with Gasteiger partial charge in [-0.3, -0.25) is 0 Å². The second kappa shape index (κ2) is 11.2. The van der Waals surface area contributed by atoms with Crippen molar-refractivity contribution in [2.75, 3.05) is 26.7 Å². The lowest BCUT2D eigenvalue weighted by atomic mass is 10.1. The molecule has 0 saturated carbocycles. The number of likely N-dealkylation sites (tertiary alicyclic amines) is 1. The molecule has 1 saturated heterocycles. The van der Waals surface area contributed by atoms with Gasteiger partial charge in [0.05, 0.1) is 26.7 Å². The lowest BCUT2D eigenvalue weighted by Crippen LogP contribution is -2.48. The van der Waals surface area contributed by atoms with Crippen molar-refractivity contribution in [3.8, 4) is 0 Å². The fourth-order valence-corrected chi connectivity index (χ4v) is 4.02. The van der Waals surface area contributed by atoms with Gasteiger partial charge in [0.1, 0.15) is 15.0 Å². The van der Waals surface area contributed by atoms with Gasteiger partial charge in [0.25, 0.3) is 0 Å². The molecule has 1 fully saturated rings. The van der Waals surface area contributed by atoms with Gasteiger partial charge in [-0.1, -0.05) is 26.2 Å². The molecule has 29 heavy (non-hydrogen) atoms. The van der Waals surface area contributed by atoms with E-state index in [2.05, 4.69) is 14.0 Å². The molecule has 4 nitrogen and oxygen atoms in total. The highest BCUT2D eigenvalue weighted by Crippen LogP contribution is 2.26. The van der Waals surface area contributed by atoms with Gasteiger partial charge < -0.3 is 9.04 Å². The average Bonchev–Trinajstić information content (AvgIpc) is 2.65. The standard InChI is InChI=1S/C13H28N.C6HF5O3S/c1-3-4-5-6-8-11-14(2)12-9-7-10-13-14;7-1-2(8)4(10)6(15(12,13)14)5(11)3(1)9/h3-13H2,1-2H3;(H,12,13,14)/q+1;/p-1. The summed E-state index contributed by atoms with van der Waals surface area (Å²) in [5.41, 5.74) is 0. The van der Waals surface area contributed by atoms with Crippen LogP contribution in [0.25, 0.3) is 0 Å². The van der Waals surface area contributed by atoms with Gasteiger partial charge in [-0.15, -0.1) is 0 Å². The van der Waals surface area contributed by atoms with E-state index in [1.807, 2.05) is 0 Å². The Kier molecular flexibility index (Phi) is 9.97. The molecule has 168 valence electrons. The molecule has 1 aliphatic heterocycles. The molecule has 1 aromatic carbocycles. The first-order chi connectivity index (χ1) is 13.4. The van der Waals surface area contributed by atoms with Crippen molar-refractivity contribution in [2.45, 2.75) is 63.2 Å². The van der Waals surface area contributed by atoms with Crippen LogP contribution in [0.1, 0.15) is 58.3 Å². The molecule has 0 spiro atoms. The highest BCUT2D eigenvalue weighted by atomic mass is 32.2. The topological polar surface area (TPSA) is 57.2 Å². The molecule has 0 aliphatic carbocycles. The van der Waals surface area contributed by atoms with E-state index in [0.717, 1.165) is 0 Å². The van der Waals surface area contributed by atoms with E-state index >= 15 is 0 Å². The minimum Gasteiger partial charge on any atom is -0.744 e. The first kappa shape index (κ1) is 25.8. The van der Waals surface area contributed by atoms with Crippen LogP contribution in [0.4, 0.5) is 22.0 Å². The Morgan fingerprint density at radius 3 is 1.69 bits per heavy atom. The predicted molar refractivity (Wildman–Crippen MR) is 97.6 cm³/mol. The van der Waals surface area contributed by atoms with Crippen LogP contribution in [-0.4, -0.2) is 44.1 Å². The minimum atomic E-state index is -5.77. The third-order valence-electron chi connectivity index (χ3n) is 5.12. The third kappa shape index (κ3) is 7.49. The molecule has 1 aromatic rings. The summed E-state index contributed by atoms with van der Waals surface area (Å²) in [6.45, 7) is 6.60. The van der Waals surface area contributed by atoms with Crippen LogP contribution in [0.3, 0.4) is 0 Å². The third-order valence-corrected chi connectivity index (χ3v) is 5.98. The normalized spacial score (nSPS) is 16.3. The number of nitrogens with zero attached hydrogens (tertiary/aromatic N) is 1. The molecule has 0 amide bonds. The number of piperidine rings is 1. The zero-order valence-corrected chi connectivity index (χ0v) is 17.6. The number of halogens is 5. The molecule has 0 N–H and O–H groups in total. The van der Waals surface area contributed by atoms with Gasteiger partial charge in [0.15, 0.2) is 23.3 Å². The smallest absolute Gasteiger partial charge is 0.200 e. The summed E-state index contributed by atoms with van der Waals surface area (Å²) in [5.74, 6) is -12.8. The molecule has 0 unspecified atom stereocenters. The fraction of sp³-hybridized carbons (Fsp3) is 0.684. The van der Waals surface area contributed by atoms with E-state index in [1.165, 1.54) is 75.5 Å². The number of hydrogen-bond donors (Lipinski definition) is 0. The van der Waals surface area contributed by atoms with E-state index in [9.17, 15) is 34.9 Å².